The Hall–Kier alpha value is -0.840. The molecule has 96 valence electrons. The first kappa shape index (κ1) is 14.2. The second kappa shape index (κ2) is 5.67. The molecular weight excluding hydrogens is 286 g/mol. The summed E-state index contributed by atoms with van der Waals surface area (Å²) < 4.78 is 25.6. The van der Waals surface area contributed by atoms with Crippen molar-refractivity contribution in [2.24, 2.45) is 0 Å². The van der Waals surface area contributed by atoms with E-state index in [2.05, 4.69) is 4.72 Å². The van der Waals surface area contributed by atoms with Crippen molar-refractivity contribution in [2.75, 3.05) is 24.3 Å². The quantitative estimate of drug-likeness (QED) is 0.457. The molecule has 0 saturated heterocycles. The van der Waals surface area contributed by atoms with Crippen molar-refractivity contribution in [1.29, 1.82) is 0 Å². The summed E-state index contributed by atoms with van der Waals surface area (Å²) in [6, 6.07) is 0.974. The Morgan fingerprint density at radius 1 is 1.65 bits per heavy atom. The van der Waals surface area contributed by atoms with Crippen molar-refractivity contribution >= 4 is 43.8 Å². The summed E-state index contributed by atoms with van der Waals surface area (Å²) in [4.78, 5) is 9.83. The first-order chi connectivity index (χ1) is 7.88. The molecule has 0 amide bonds. The van der Waals surface area contributed by atoms with Crippen LogP contribution >= 0.6 is 23.1 Å². The van der Waals surface area contributed by atoms with Crippen LogP contribution in [0.2, 0.25) is 0 Å². The summed E-state index contributed by atoms with van der Waals surface area (Å²) in [6.45, 7) is 0.273. The van der Waals surface area contributed by atoms with E-state index >= 15 is 0 Å². The second-order valence-electron chi connectivity index (χ2n) is 2.96. The van der Waals surface area contributed by atoms with Crippen LogP contribution in [0.15, 0.2) is 10.3 Å². The van der Waals surface area contributed by atoms with Crippen LogP contribution in [-0.2, 0) is 10.0 Å². The minimum atomic E-state index is -3.70. The molecule has 0 aliphatic heterocycles. The molecular formula is C7H11N3O4S3. The number of nitrogens with one attached hydrogen (secondary N) is 1. The van der Waals surface area contributed by atoms with E-state index in [1.807, 2.05) is 6.26 Å². The highest BCUT2D eigenvalue weighted by Crippen LogP contribution is 2.34. The van der Waals surface area contributed by atoms with E-state index in [-0.39, 0.29) is 21.4 Å². The van der Waals surface area contributed by atoms with Gasteiger partial charge in [-0.3, -0.25) is 10.1 Å². The molecule has 1 rings (SSSR count). The van der Waals surface area contributed by atoms with Gasteiger partial charge in [-0.05, 0) is 6.26 Å². The predicted molar refractivity (Wildman–Crippen MR) is 69.0 cm³/mol. The molecule has 17 heavy (non-hydrogen) atoms. The molecule has 0 saturated carbocycles. The van der Waals surface area contributed by atoms with Gasteiger partial charge in [0.2, 0.25) is 10.0 Å². The third-order valence-electron chi connectivity index (χ3n) is 1.78. The zero-order valence-electron chi connectivity index (χ0n) is 8.87. The molecule has 0 radical (unpaired) electrons. The first-order valence-electron chi connectivity index (χ1n) is 4.41. The van der Waals surface area contributed by atoms with Crippen molar-refractivity contribution in [2.45, 2.75) is 4.21 Å². The van der Waals surface area contributed by atoms with Gasteiger partial charge in [0.1, 0.15) is 4.21 Å². The Kier molecular flexibility index (Phi) is 4.74. The lowest BCUT2D eigenvalue weighted by Crippen LogP contribution is -2.25. The van der Waals surface area contributed by atoms with Crippen molar-refractivity contribution in [1.82, 2.24) is 4.72 Å². The van der Waals surface area contributed by atoms with Crippen LogP contribution in [-0.4, -0.2) is 31.9 Å². The zero-order valence-corrected chi connectivity index (χ0v) is 11.3. The molecule has 0 atom stereocenters. The third kappa shape index (κ3) is 3.56. The SMILES string of the molecule is CSCCNS(=O)(=O)c1cc([N+](=O)[O-])c(N)s1. The van der Waals surface area contributed by atoms with Crippen LogP contribution < -0.4 is 10.5 Å². The van der Waals surface area contributed by atoms with Crippen molar-refractivity contribution < 1.29 is 13.3 Å². The molecule has 10 heteroatoms. The standard InChI is InChI=1S/C7H11N3O4S3/c1-15-3-2-9-17(13,14)6-4-5(10(11)12)7(8)16-6/h4,9H,2-3,8H2,1H3. The van der Waals surface area contributed by atoms with Crippen LogP contribution in [0.4, 0.5) is 10.7 Å². The number of thiophene rings is 1. The van der Waals surface area contributed by atoms with Crippen LogP contribution in [0.5, 0.6) is 0 Å². The Morgan fingerprint density at radius 3 is 2.76 bits per heavy atom. The van der Waals surface area contributed by atoms with Gasteiger partial charge in [0.05, 0.1) is 4.92 Å². The number of sulfonamides is 1. The minimum Gasteiger partial charge on any atom is -0.385 e. The number of nitro groups is 1. The molecule has 0 aliphatic rings. The normalized spacial score (nSPS) is 11.6. The summed E-state index contributed by atoms with van der Waals surface area (Å²) in [7, 11) is -3.70. The maximum Gasteiger partial charge on any atom is 0.304 e. The third-order valence-corrected chi connectivity index (χ3v) is 5.28. The van der Waals surface area contributed by atoms with E-state index in [0.717, 1.165) is 6.07 Å². The summed E-state index contributed by atoms with van der Waals surface area (Å²) in [5.41, 5.74) is 5.00. The topological polar surface area (TPSA) is 115 Å². The molecule has 0 bridgehead atoms. The van der Waals surface area contributed by atoms with Gasteiger partial charge in [-0.2, -0.15) is 11.8 Å². The van der Waals surface area contributed by atoms with Gasteiger partial charge in [0.15, 0.2) is 5.00 Å². The number of nitrogen functional groups attached to an aromatic ring is 1. The lowest BCUT2D eigenvalue weighted by atomic mass is 10.5. The van der Waals surface area contributed by atoms with E-state index in [9.17, 15) is 18.5 Å². The van der Waals surface area contributed by atoms with Crippen molar-refractivity contribution in [3.63, 3.8) is 0 Å². The Labute approximate surface area is 107 Å². The molecule has 0 spiro atoms. The fourth-order valence-electron chi connectivity index (χ4n) is 0.997. The van der Waals surface area contributed by atoms with E-state index in [4.69, 9.17) is 5.73 Å². The predicted octanol–water partition coefficient (Wildman–Crippen LogP) is 0.880. The number of hydrogen-bond donors (Lipinski definition) is 2. The smallest absolute Gasteiger partial charge is 0.304 e. The molecule has 0 unspecified atom stereocenters. The van der Waals surface area contributed by atoms with Gasteiger partial charge in [-0.1, -0.05) is 11.3 Å². The highest BCUT2D eigenvalue weighted by molar-refractivity contribution is 7.98. The molecule has 1 heterocycles. The molecule has 1 aromatic heterocycles. The summed E-state index contributed by atoms with van der Waals surface area (Å²) >= 11 is 2.18. The average molecular weight is 297 g/mol. The van der Waals surface area contributed by atoms with Gasteiger partial charge >= 0.3 is 5.69 Å². The van der Waals surface area contributed by atoms with Crippen molar-refractivity contribution in [3.8, 4) is 0 Å². The van der Waals surface area contributed by atoms with E-state index in [1.54, 1.807) is 0 Å². The largest absolute Gasteiger partial charge is 0.385 e. The monoisotopic (exact) mass is 297 g/mol. The maximum atomic E-state index is 11.7. The van der Waals surface area contributed by atoms with Crippen LogP contribution in [0.3, 0.4) is 0 Å². The van der Waals surface area contributed by atoms with E-state index < -0.39 is 14.9 Å². The number of nitrogens with zero attached hydrogens (tertiary/aromatic N) is 1. The second-order valence-corrected chi connectivity index (χ2v) is 7.03. The highest BCUT2D eigenvalue weighted by atomic mass is 32.2. The number of hydrogen-bond acceptors (Lipinski definition) is 7. The Bertz CT molecular complexity index is 510. The summed E-state index contributed by atoms with van der Waals surface area (Å²) in [5.74, 6) is 0.627. The number of nitrogens with two attached hydrogens (primary N) is 1. The average Bonchev–Trinajstić information content (AvgIpc) is 2.61. The Morgan fingerprint density at radius 2 is 2.29 bits per heavy atom. The van der Waals surface area contributed by atoms with E-state index in [1.165, 1.54) is 11.8 Å². The molecule has 0 aromatic carbocycles. The molecule has 0 fully saturated rings. The van der Waals surface area contributed by atoms with Gasteiger partial charge in [0, 0.05) is 18.4 Å². The lowest BCUT2D eigenvalue weighted by molar-refractivity contribution is -0.383. The Balaban J connectivity index is 2.92. The fourth-order valence-corrected chi connectivity index (χ4v) is 3.72. The van der Waals surface area contributed by atoms with Crippen molar-refractivity contribution in [3.05, 3.63) is 16.2 Å². The number of thioether (sulfide) groups is 1. The number of rotatable bonds is 6. The molecule has 7 nitrogen and oxygen atoms in total. The lowest BCUT2D eigenvalue weighted by Gasteiger charge is -2.02. The minimum absolute atomic E-state index is 0.111. The summed E-state index contributed by atoms with van der Waals surface area (Å²) in [5, 5.41) is 10.4. The highest BCUT2D eigenvalue weighted by Gasteiger charge is 2.24. The van der Waals surface area contributed by atoms with Crippen LogP contribution in [0, 0.1) is 10.1 Å². The first-order valence-corrected chi connectivity index (χ1v) is 8.10. The van der Waals surface area contributed by atoms with E-state index in [0.29, 0.717) is 17.1 Å². The molecule has 1 aromatic rings. The van der Waals surface area contributed by atoms with Gasteiger partial charge < -0.3 is 5.73 Å². The fraction of sp³-hybridized carbons (Fsp3) is 0.429. The van der Waals surface area contributed by atoms with Crippen LogP contribution in [0.1, 0.15) is 0 Å². The van der Waals surface area contributed by atoms with Gasteiger partial charge in [-0.15, -0.1) is 0 Å². The van der Waals surface area contributed by atoms with Gasteiger partial charge in [0.25, 0.3) is 0 Å². The van der Waals surface area contributed by atoms with Crippen LogP contribution in [0.25, 0.3) is 0 Å². The number of anilines is 1. The zero-order chi connectivity index (χ0) is 13.1. The summed E-state index contributed by atoms with van der Waals surface area (Å²) in [6.07, 6.45) is 1.85. The molecule has 0 aliphatic carbocycles. The molecule has 3 N–H and O–H groups in total. The van der Waals surface area contributed by atoms with Gasteiger partial charge in [-0.25, -0.2) is 13.1 Å². The maximum absolute atomic E-state index is 11.7.